The molecule has 187 valence electrons. The van der Waals surface area contributed by atoms with Crippen LogP contribution in [0.15, 0.2) is 95.6 Å². The molecule has 0 fully saturated rings. The molecule has 1 atom stereocenters. The number of amides is 1. The SMILES string of the molecule is CC1=[C-]C(C)C(C)=C1C.Cc1cccc(C)c1C([NH-])=O.[Cl-].[Cl-].[Hf+4].c1ccc([SiH]c2ccccc2)cc1. The molecule has 0 bridgehead atoms. The third kappa shape index (κ3) is 11.6. The number of benzene rings is 3. The standard InChI is InChI=1S/C12H11Si.C9H11NO.C9H13.2ClH.Hf/c1-3-7-11(8-4-1)13-12-9-5-2-6-10-12;1-6-4-3-5-7(2)8(6)9(10)11;1-6-5-7(2)9(4)8(6)3;;;/h1-10,13H;3-5H,1-2H3,(H2,10,11);6H,1-4H3;2*1H;/q;;-1;;;+4/p-3. The van der Waals surface area contributed by atoms with E-state index in [9.17, 15) is 4.79 Å². The number of carbonyl (C=O) groups is 1. The minimum absolute atomic E-state index is 0. The van der Waals surface area contributed by atoms with Crippen LogP contribution >= 0.6 is 0 Å². The van der Waals surface area contributed by atoms with E-state index in [0.29, 0.717) is 11.5 Å². The molecule has 36 heavy (non-hydrogen) atoms. The summed E-state index contributed by atoms with van der Waals surface area (Å²) in [5.41, 5.74) is 13.5. The molecular weight excluding hydrogens is 668 g/mol. The van der Waals surface area contributed by atoms with Gasteiger partial charge in [-0.3, -0.25) is 6.08 Å². The molecule has 0 aliphatic heterocycles. The molecule has 0 saturated heterocycles. The van der Waals surface area contributed by atoms with E-state index in [1.807, 2.05) is 32.0 Å². The molecule has 2 nitrogen and oxygen atoms in total. The molecule has 0 spiro atoms. The molecular formula is C30H34Cl2HfNOSi. The summed E-state index contributed by atoms with van der Waals surface area (Å²) in [6, 6.07) is 26.9. The number of halogens is 2. The van der Waals surface area contributed by atoms with Gasteiger partial charge in [-0.2, -0.15) is 11.1 Å². The molecule has 1 N–H and O–H groups in total. The van der Waals surface area contributed by atoms with E-state index in [4.69, 9.17) is 5.73 Å². The molecule has 0 aromatic heterocycles. The van der Waals surface area contributed by atoms with Crippen LogP contribution in [0.4, 0.5) is 0 Å². The van der Waals surface area contributed by atoms with Crippen molar-refractivity contribution in [1.82, 2.24) is 0 Å². The first-order chi connectivity index (χ1) is 15.7. The second-order valence-corrected chi connectivity index (χ2v) is 9.98. The molecule has 4 rings (SSSR count). The van der Waals surface area contributed by atoms with E-state index in [-0.39, 0.29) is 60.2 Å². The molecule has 3 aromatic carbocycles. The van der Waals surface area contributed by atoms with Gasteiger partial charge in [-0.1, -0.05) is 116 Å². The maximum atomic E-state index is 10.8. The van der Waals surface area contributed by atoms with Crippen LogP contribution < -0.4 is 35.2 Å². The summed E-state index contributed by atoms with van der Waals surface area (Å²) in [6.45, 7) is 12.4. The van der Waals surface area contributed by atoms with Crippen molar-refractivity contribution in [2.24, 2.45) is 5.92 Å². The minimum Gasteiger partial charge on any atom is -1.00 e. The number of nitrogens with one attached hydrogen (secondary N) is 1. The van der Waals surface area contributed by atoms with Gasteiger partial charge in [0.1, 0.15) is 9.52 Å². The fourth-order valence-electron chi connectivity index (χ4n) is 3.63. The quantitative estimate of drug-likeness (QED) is 0.287. The Morgan fingerprint density at radius 2 is 1.17 bits per heavy atom. The van der Waals surface area contributed by atoms with E-state index >= 15 is 0 Å². The molecule has 6 heteroatoms. The van der Waals surface area contributed by atoms with Crippen LogP contribution in [0.5, 0.6) is 0 Å². The molecule has 3 aromatic rings. The Morgan fingerprint density at radius 3 is 1.42 bits per heavy atom. The van der Waals surface area contributed by atoms with Gasteiger partial charge in [0.25, 0.3) is 0 Å². The van der Waals surface area contributed by atoms with Gasteiger partial charge in [0.15, 0.2) is 0 Å². The van der Waals surface area contributed by atoms with E-state index in [1.165, 1.54) is 27.1 Å². The molecule has 0 saturated carbocycles. The Kier molecular flexibility index (Phi) is 18.7. The largest absolute Gasteiger partial charge is 4.00 e. The van der Waals surface area contributed by atoms with Crippen LogP contribution in [-0.4, -0.2) is 15.4 Å². The number of allylic oxidation sites excluding steroid dienone is 4. The molecule has 1 amide bonds. The Balaban J connectivity index is 0. The average molecular weight is 702 g/mol. The van der Waals surface area contributed by atoms with E-state index in [0.717, 1.165) is 11.1 Å². The average Bonchev–Trinajstić information content (AvgIpc) is 3.01. The van der Waals surface area contributed by atoms with Crippen molar-refractivity contribution in [1.29, 1.82) is 0 Å². The van der Waals surface area contributed by atoms with Gasteiger partial charge >= 0.3 is 25.8 Å². The van der Waals surface area contributed by atoms with Gasteiger partial charge < -0.3 is 35.3 Å². The van der Waals surface area contributed by atoms with Gasteiger partial charge in [0.05, 0.1) is 5.91 Å². The topological polar surface area (TPSA) is 40.9 Å². The van der Waals surface area contributed by atoms with Crippen LogP contribution in [0.1, 0.15) is 49.2 Å². The van der Waals surface area contributed by atoms with E-state index in [1.54, 1.807) is 0 Å². The van der Waals surface area contributed by atoms with Crippen molar-refractivity contribution in [3.8, 4) is 0 Å². The molecule has 0 heterocycles. The normalized spacial score (nSPS) is 13.3. The number of hydrogen-bond acceptors (Lipinski definition) is 1. The zero-order valence-corrected chi connectivity index (χ0v) is 28.1. The van der Waals surface area contributed by atoms with Gasteiger partial charge in [-0.05, 0) is 25.0 Å². The first-order valence-electron chi connectivity index (χ1n) is 11.3. The summed E-state index contributed by atoms with van der Waals surface area (Å²) in [4.78, 5) is 10.8. The van der Waals surface area contributed by atoms with Crippen LogP contribution in [0.3, 0.4) is 0 Å². The molecule has 1 radical (unpaired) electrons. The Bertz CT molecular complexity index is 1070. The monoisotopic (exact) mass is 702 g/mol. The summed E-state index contributed by atoms with van der Waals surface area (Å²) >= 11 is 0. The van der Waals surface area contributed by atoms with E-state index < -0.39 is 5.91 Å². The third-order valence-corrected chi connectivity index (χ3v) is 7.31. The summed E-state index contributed by atoms with van der Waals surface area (Å²) in [7, 11) is 0.271. The van der Waals surface area contributed by atoms with Gasteiger partial charge in [-0.15, -0.1) is 6.92 Å². The zero-order valence-electron chi connectivity index (χ0n) is 21.8. The van der Waals surface area contributed by atoms with Crippen LogP contribution in [0.25, 0.3) is 5.73 Å². The number of rotatable bonds is 3. The second-order valence-electron chi connectivity index (χ2n) is 8.36. The predicted octanol–water partition coefficient (Wildman–Crippen LogP) is 0.297. The Labute approximate surface area is 251 Å². The van der Waals surface area contributed by atoms with Gasteiger partial charge in [0, 0.05) is 5.56 Å². The van der Waals surface area contributed by atoms with Crippen molar-refractivity contribution in [2.45, 2.75) is 41.5 Å². The van der Waals surface area contributed by atoms with Crippen LogP contribution in [0.2, 0.25) is 0 Å². The predicted molar refractivity (Wildman–Crippen MR) is 144 cm³/mol. The number of aryl methyl sites for hydroxylation is 2. The summed E-state index contributed by atoms with van der Waals surface area (Å²) in [5, 5.41) is 2.90. The maximum Gasteiger partial charge on any atom is 4.00 e. The molecule has 1 aliphatic rings. The Morgan fingerprint density at radius 1 is 0.750 bits per heavy atom. The van der Waals surface area contributed by atoms with Crippen molar-refractivity contribution in [3.63, 3.8) is 0 Å². The first-order valence-corrected chi connectivity index (χ1v) is 12.4. The van der Waals surface area contributed by atoms with Crippen molar-refractivity contribution >= 4 is 25.8 Å². The van der Waals surface area contributed by atoms with Crippen molar-refractivity contribution < 1.29 is 55.5 Å². The molecule has 1 unspecified atom stereocenters. The Hall–Kier alpha value is -1.72. The fraction of sp³-hybridized carbons (Fsp3) is 0.233. The second kappa shape index (κ2) is 18.5. The zero-order chi connectivity index (χ0) is 24.4. The minimum atomic E-state index is -0.597. The fourth-order valence-corrected chi connectivity index (χ4v) is 4.84. The van der Waals surface area contributed by atoms with Gasteiger partial charge in [0.2, 0.25) is 0 Å². The summed E-state index contributed by atoms with van der Waals surface area (Å²) in [6.07, 6.45) is 3.36. The summed E-state index contributed by atoms with van der Waals surface area (Å²) in [5.74, 6) is -0.0365. The van der Waals surface area contributed by atoms with E-state index in [2.05, 4.69) is 94.4 Å². The molecule has 1 aliphatic carbocycles. The summed E-state index contributed by atoms with van der Waals surface area (Å²) < 4.78 is 0. The van der Waals surface area contributed by atoms with Crippen LogP contribution in [0, 0.1) is 25.8 Å². The smallest absolute Gasteiger partial charge is 1.00 e. The van der Waals surface area contributed by atoms with Crippen LogP contribution in [-0.2, 0) is 25.8 Å². The van der Waals surface area contributed by atoms with Crippen molar-refractivity contribution in [2.75, 3.05) is 0 Å². The number of carbonyl (C=O) groups excluding carboxylic acids is 1. The maximum absolute atomic E-state index is 10.8. The number of hydrogen-bond donors (Lipinski definition) is 0. The van der Waals surface area contributed by atoms with Crippen molar-refractivity contribution in [3.05, 3.63) is 124 Å². The first kappa shape index (κ1) is 36.4. The third-order valence-electron chi connectivity index (χ3n) is 5.88. The van der Waals surface area contributed by atoms with Gasteiger partial charge in [-0.25, -0.2) is 5.57 Å².